The molecule has 0 N–H and O–H groups in total. The fourth-order valence-electron chi connectivity index (χ4n) is 1.60. The first-order valence-corrected chi connectivity index (χ1v) is 4.16. The zero-order chi connectivity index (χ0) is 10.3. The molecule has 2 rings (SSSR count). The summed E-state index contributed by atoms with van der Waals surface area (Å²) < 4.78 is 0. The highest BCUT2D eigenvalue weighted by Gasteiger charge is 2.41. The van der Waals surface area contributed by atoms with Crippen LogP contribution >= 0.6 is 0 Å². The average Bonchev–Trinajstić information content (AvgIpc) is 2.41. The summed E-state index contributed by atoms with van der Waals surface area (Å²) in [6.07, 6.45) is 2.77. The third kappa shape index (κ3) is 1.00. The smallest absolute Gasteiger partial charge is 0.183 e. The van der Waals surface area contributed by atoms with Gasteiger partial charge in [-0.3, -0.25) is 19.4 Å². The zero-order valence-electron chi connectivity index (χ0n) is 7.48. The second-order valence-electron chi connectivity index (χ2n) is 3.19. The van der Waals surface area contributed by atoms with Gasteiger partial charge < -0.3 is 0 Å². The van der Waals surface area contributed by atoms with Crippen LogP contribution in [0.3, 0.4) is 0 Å². The number of ketones is 3. The lowest BCUT2D eigenvalue weighted by molar-refractivity contribution is -0.118. The van der Waals surface area contributed by atoms with Crippen LogP contribution in [0.2, 0.25) is 0 Å². The average molecular weight is 189 g/mol. The van der Waals surface area contributed by atoms with E-state index in [2.05, 4.69) is 4.98 Å². The van der Waals surface area contributed by atoms with Crippen LogP contribution in [0.5, 0.6) is 0 Å². The molecule has 4 nitrogen and oxygen atoms in total. The van der Waals surface area contributed by atoms with E-state index in [1.54, 1.807) is 0 Å². The molecule has 70 valence electrons. The standard InChI is InChI=1S/C10H7NO3/c1-5(12)8-9(13)6-2-3-11-4-7(6)10(8)14/h2-4,8H,1H3. The number of pyridine rings is 1. The number of carbonyl (C=O) groups excluding carboxylic acids is 3. The molecule has 0 fully saturated rings. The maximum atomic E-state index is 11.6. The second kappa shape index (κ2) is 2.83. The van der Waals surface area contributed by atoms with Crippen molar-refractivity contribution >= 4 is 17.3 Å². The lowest BCUT2D eigenvalue weighted by Gasteiger charge is -1.98. The minimum atomic E-state index is -1.13. The number of hydrogen-bond donors (Lipinski definition) is 0. The molecule has 0 aromatic carbocycles. The number of nitrogens with zero attached hydrogens (tertiary/aromatic N) is 1. The summed E-state index contributed by atoms with van der Waals surface area (Å²) in [4.78, 5) is 38.0. The van der Waals surface area contributed by atoms with E-state index in [1.165, 1.54) is 25.4 Å². The van der Waals surface area contributed by atoms with Gasteiger partial charge in [-0.15, -0.1) is 0 Å². The Kier molecular flexibility index (Phi) is 1.77. The summed E-state index contributed by atoms with van der Waals surface area (Å²) in [6, 6.07) is 1.47. The third-order valence-corrected chi connectivity index (χ3v) is 2.28. The van der Waals surface area contributed by atoms with E-state index in [1.807, 2.05) is 0 Å². The molecule has 1 aliphatic rings. The quantitative estimate of drug-likeness (QED) is 0.609. The van der Waals surface area contributed by atoms with Gasteiger partial charge in [0.25, 0.3) is 0 Å². The molecule has 1 aliphatic carbocycles. The fraction of sp³-hybridized carbons (Fsp3) is 0.200. The summed E-state index contributed by atoms with van der Waals surface area (Å²) >= 11 is 0. The van der Waals surface area contributed by atoms with E-state index in [0.29, 0.717) is 5.56 Å². The predicted molar refractivity (Wildman–Crippen MR) is 47.1 cm³/mol. The molecule has 1 unspecified atom stereocenters. The van der Waals surface area contributed by atoms with E-state index >= 15 is 0 Å². The Balaban J connectivity index is 2.59. The van der Waals surface area contributed by atoms with Crippen molar-refractivity contribution in [3.63, 3.8) is 0 Å². The van der Waals surface area contributed by atoms with Crippen LogP contribution in [0.1, 0.15) is 27.6 Å². The predicted octanol–water partition coefficient (Wildman–Crippen LogP) is 0.666. The fourth-order valence-corrected chi connectivity index (χ4v) is 1.60. The van der Waals surface area contributed by atoms with Gasteiger partial charge in [-0.2, -0.15) is 0 Å². The molecule has 0 radical (unpaired) electrons. The van der Waals surface area contributed by atoms with Crippen LogP contribution in [0, 0.1) is 5.92 Å². The number of carbonyl (C=O) groups is 3. The third-order valence-electron chi connectivity index (χ3n) is 2.28. The molecule has 0 amide bonds. The first kappa shape index (κ1) is 8.74. The van der Waals surface area contributed by atoms with Crippen LogP contribution in [0.4, 0.5) is 0 Å². The van der Waals surface area contributed by atoms with Crippen LogP contribution < -0.4 is 0 Å². The SMILES string of the molecule is CC(=O)C1C(=O)c2ccncc2C1=O. The van der Waals surface area contributed by atoms with Crippen molar-refractivity contribution in [2.24, 2.45) is 5.92 Å². The van der Waals surface area contributed by atoms with Gasteiger partial charge in [0.1, 0.15) is 11.7 Å². The number of fused-ring (bicyclic) bond motifs is 1. The molecule has 14 heavy (non-hydrogen) atoms. The molecule has 0 saturated carbocycles. The molecule has 1 atom stereocenters. The van der Waals surface area contributed by atoms with Crippen LogP contribution in [-0.2, 0) is 4.79 Å². The highest BCUT2D eigenvalue weighted by molar-refractivity contribution is 6.35. The molecule has 0 saturated heterocycles. The molecule has 1 heterocycles. The lowest BCUT2D eigenvalue weighted by atomic mass is 10.00. The van der Waals surface area contributed by atoms with E-state index in [0.717, 1.165) is 0 Å². The van der Waals surface area contributed by atoms with Crippen LogP contribution in [-0.4, -0.2) is 22.3 Å². The molecular weight excluding hydrogens is 182 g/mol. The van der Waals surface area contributed by atoms with E-state index in [9.17, 15) is 14.4 Å². The maximum Gasteiger partial charge on any atom is 0.183 e. The molecule has 0 spiro atoms. The van der Waals surface area contributed by atoms with Gasteiger partial charge in [0.15, 0.2) is 11.6 Å². The number of Topliss-reactive ketones (excluding diaryl/α,β-unsaturated/α-hetero) is 3. The van der Waals surface area contributed by atoms with Crippen molar-refractivity contribution in [3.8, 4) is 0 Å². The minimum absolute atomic E-state index is 0.262. The Morgan fingerprint density at radius 1 is 1.29 bits per heavy atom. The maximum absolute atomic E-state index is 11.6. The summed E-state index contributed by atoms with van der Waals surface area (Å²) in [7, 11) is 0. The van der Waals surface area contributed by atoms with Crippen molar-refractivity contribution in [1.82, 2.24) is 4.98 Å². The van der Waals surface area contributed by atoms with Crippen molar-refractivity contribution < 1.29 is 14.4 Å². The Hall–Kier alpha value is -1.84. The normalized spacial score (nSPS) is 19.6. The molecular formula is C10H7NO3. The van der Waals surface area contributed by atoms with E-state index in [-0.39, 0.29) is 5.56 Å². The van der Waals surface area contributed by atoms with Crippen molar-refractivity contribution in [3.05, 3.63) is 29.6 Å². The largest absolute Gasteiger partial charge is 0.299 e. The number of aromatic nitrogens is 1. The Morgan fingerprint density at radius 3 is 2.50 bits per heavy atom. The zero-order valence-corrected chi connectivity index (χ0v) is 7.48. The molecule has 0 aliphatic heterocycles. The monoisotopic (exact) mass is 189 g/mol. The van der Waals surface area contributed by atoms with E-state index < -0.39 is 23.3 Å². The summed E-state index contributed by atoms with van der Waals surface area (Å²) in [5.41, 5.74) is 0.572. The minimum Gasteiger partial charge on any atom is -0.299 e. The summed E-state index contributed by atoms with van der Waals surface area (Å²) in [5.74, 6) is -2.36. The van der Waals surface area contributed by atoms with Gasteiger partial charge in [0, 0.05) is 23.5 Å². The number of hydrogen-bond acceptors (Lipinski definition) is 4. The Labute approximate surface area is 80.0 Å². The van der Waals surface area contributed by atoms with Gasteiger partial charge in [0.05, 0.1) is 0 Å². The lowest BCUT2D eigenvalue weighted by Crippen LogP contribution is -2.22. The molecule has 4 heteroatoms. The molecule has 1 aromatic heterocycles. The van der Waals surface area contributed by atoms with Crippen LogP contribution in [0.15, 0.2) is 18.5 Å². The number of rotatable bonds is 1. The Bertz CT molecular complexity index is 415. The van der Waals surface area contributed by atoms with Gasteiger partial charge in [-0.25, -0.2) is 0 Å². The van der Waals surface area contributed by atoms with E-state index in [4.69, 9.17) is 0 Å². The summed E-state index contributed by atoms with van der Waals surface area (Å²) in [6.45, 7) is 1.25. The first-order valence-electron chi connectivity index (χ1n) is 4.16. The second-order valence-corrected chi connectivity index (χ2v) is 3.19. The van der Waals surface area contributed by atoms with Crippen molar-refractivity contribution in [1.29, 1.82) is 0 Å². The van der Waals surface area contributed by atoms with Gasteiger partial charge in [-0.05, 0) is 13.0 Å². The van der Waals surface area contributed by atoms with Crippen LogP contribution in [0.25, 0.3) is 0 Å². The van der Waals surface area contributed by atoms with Crippen molar-refractivity contribution in [2.75, 3.05) is 0 Å². The van der Waals surface area contributed by atoms with Gasteiger partial charge in [0.2, 0.25) is 0 Å². The first-order chi connectivity index (χ1) is 6.63. The van der Waals surface area contributed by atoms with Crippen molar-refractivity contribution in [2.45, 2.75) is 6.92 Å². The molecule has 0 bridgehead atoms. The highest BCUT2D eigenvalue weighted by Crippen LogP contribution is 2.26. The highest BCUT2D eigenvalue weighted by atomic mass is 16.2. The molecule has 1 aromatic rings. The Morgan fingerprint density at radius 2 is 1.93 bits per heavy atom. The topological polar surface area (TPSA) is 64.1 Å². The van der Waals surface area contributed by atoms with Gasteiger partial charge in [-0.1, -0.05) is 0 Å². The summed E-state index contributed by atoms with van der Waals surface area (Å²) in [5, 5.41) is 0. The van der Waals surface area contributed by atoms with Gasteiger partial charge >= 0.3 is 0 Å².